The molecule has 382 valence electrons. The summed E-state index contributed by atoms with van der Waals surface area (Å²) in [6.07, 6.45) is 1.81. The summed E-state index contributed by atoms with van der Waals surface area (Å²) in [4.78, 5) is 15.8. The summed E-state index contributed by atoms with van der Waals surface area (Å²) in [5.74, 6) is 0.543. The third-order valence-electron chi connectivity index (χ3n) is 16.7. The van der Waals surface area contributed by atoms with Gasteiger partial charge in [-0.3, -0.25) is 4.98 Å². The normalized spacial score (nSPS) is 11.9. The van der Waals surface area contributed by atoms with E-state index in [2.05, 4.69) is 273 Å². The van der Waals surface area contributed by atoms with Crippen LogP contribution in [0.25, 0.3) is 155 Å². The van der Waals surface area contributed by atoms with Crippen molar-refractivity contribution in [2.45, 2.75) is 0 Å². The number of rotatable bonds is 8. The summed E-state index contributed by atoms with van der Waals surface area (Å²) in [6, 6.07) is 101. The number of hydrogen-bond acceptors (Lipinski definition) is 3. The van der Waals surface area contributed by atoms with Crippen LogP contribution in [0.2, 0.25) is 0 Å². The molecule has 0 bridgehead atoms. The molecule has 0 N–H and O–H groups in total. The van der Waals surface area contributed by atoms with Gasteiger partial charge in [0, 0.05) is 66.0 Å². The van der Waals surface area contributed by atoms with Crippen molar-refractivity contribution in [2.75, 3.05) is 0 Å². The van der Waals surface area contributed by atoms with E-state index in [0.29, 0.717) is 11.5 Å². The molecule has 0 saturated heterocycles. The standard InChI is InChI=1S/C75H47N7/c1-2-23-48(24-3-1)58-47-59(78-75(77-58)57-33-18-19-46-76-57)72-54(32-20-41-67(72)82-66-40-17-10-31-56(66)74-69(43-22-45-71(74)82)80-62-36-13-6-27-51(62)52-28-7-14-37-63(52)80)53-29-8-15-38-64(53)81-65-39-16-9-30-55(65)73-68(42-21-44-70(73)81)79-60-34-11-4-25-49(60)50-26-5-12-35-61(50)79/h1-47H. The molecular weight excluding hydrogens is 999 g/mol. The topological polar surface area (TPSA) is 58.4 Å². The largest absolute Gasteiger partial charge is 0.309 e. The smallest absolute Gasteiger partial charge is 0.179 e. The van der Waals surface area contributed by atoms with Crippen LogP contribution >= 0.6 is 0 Å². The Kier molecular flexibility index (Phi) is 10.2. The van der Waals surface area contributed by atoms with Gasteiger partial charge in [-0.25, -0.2) is 9.97 Å². The van der Waals surface area contributed by atoms with Crippen LogP contribution in [-0.4, -0.2) is 33.2 Å². The van der Waals surface area contributed by atoms with Gasteiger partial charge in [-0.2, -0.15) is 0 Å². The van der Waals surface area contributed by atoms with Crippen molar-refractivity contribution in [3.05, 3.63) is 285 Å². The molecule has 0 aliphatic rings. The Labute approximate surface area is 471 Å². The molecule has 82 heavy (non-hydrogen) atoms. The highest BCUT2D eigenvalue weighted by molar-refractivity contribution is 6.19. The molecule has 0 amide bonds. The predicted molar refractivity (Wildman–Crippen MR) is 339 cm³/mol. The molecule has 6 aromatic heterocycles. The highest BCUT2D eigenvalue weighted by Crippen LogP contribution is 2.47. The summed E-state index contributed by atoms with van der Waals surface area (Å²) in [5, 5.41) is 9.57. The highest BCUT2D eigenvalue weighted by atomic mass is 15.0. The van der Waals surface area contributed by atoms with E-state index in [1.807, 2.05) is 30.5 Å². The summed E-state index contributed by atoms with van der Waals surface area (Å²) in [6.45, 7) is 0. The summed E-state index contributed by atoms with van der Waals surface area (Å²) < 4.78 is 9.84. The Balaban J connectivity index is 0.979. The van der Waals surface area contributed by atoms with E-state index in [9.17, 15) is 0 Å². The van der Waals surface area contributed by atoms with Gasteiger partial charge >= 0.3 is 0 Å². The molecule has 0 spiro atoms. The zero-order valence-corrected chi connectivity index (χ0v) is 44.3. The molecule has 0 saturated carbocycles. The molecule has 0 atom stereocenters. The molecular formula is C75H47N7. The van der Waals surface area contributed by atoms with Gasteiger partial charge < -0.3 is 18.3 Å². The second kappa shape index (κ2) is 18.2. The lowest BCUT2D eigenvalue weighted by Gasteiger charge is -2.21. The lowest BCUT2D eigenvalue weighted by atomic mass is 9.93. The molecule has 0 fully saturated rings. The van der Waals surface area contributed by atoms with Gasteiger partial charge in [0.15, 0.2) is 5.82 Å². The second-order valence-corrected chi connectivity index (χ2v) is 21.0. The van der Waals surface area contributed by atoms with Crippen LogP contribution in [0.15, 0.2) is 285 Å². The molecule has 0 aliphatic heterocycles. The van der Waals surface area contributed by atoms with Crippen LogP contribution in [0, 0.1) is 0 Å². The molecule has 17 rings (SSSR count). The third kappa shape index (κ3) is 6.80. The van der Waals surface area contributed by atoms with Crippen molar-refractivity contribution in [1.82, 2.24) is 33.2 Å². The van der Waals surface area contributed by atoms with E-state index in [-0.39, 0.29) is 0 Å². The molecule has 7 heteroatoms. The minimum Gasteiger partial charge on any atom is -0.309 e. The van der Waals surface area contributed by atoms with Crippen LogP contribution in [0.3, 0.4) is 0 Å². The van der Waals surface area contributed by atoms with Crippen molar-refractivity contribution < 1.29 is 0 Å². The first-order chi connectivity index (χ1) is 40.7. The fraction of sp³-hybridized carbons (Fsp3) is 0. The Bertz CT molecular complexity index is 5250. The molecule has 11 aromatic carbocycles. The third-order valence-corrected chi connectivity index (χ3v) is 16.7. The number of aromatic nitrogens is 7. The van der Waals surface area contributed by atoms with E-state index in [4.69, 9.17) is 15.0 Å². The highest BCUT2D eigenvalue weighted by Gasteiger charge is 2.27. The van der Waals surface area contributed by atoms with Crippen LogP contribution in [0.4, 0.5) is 0 Å². The SMILES string of the molecule is c1ccc(-c2cc(-c3c(-c4ccccc4-n4c5ccccc5c5c(-n6c7ccccc7c7ccccc76)cccc54)cccc3-n3c4ccccc4c4c(-n5c6ccccc6c6ccccc65)cccc43)nc(-c3ccccn3)n2)cc1. The van der Waals surface area contributed by atoms with Crippen molar-refractivity contribution in [3.63, 3.8) is 0 Å². The lowest BCUT2D eigenvalue weighted by molar-refractivity contribution is 1.13. The van der Waals surface area contributed by atoms with Crippen molar-refractivity contribution in [1.29, 1.82) is 0 Å². The predicted octanol–water partition coefficient (Wildman–Crippen LogP) is 18.9. The Morgan fingerprint density at radius 2 is 0.622 bits per heavy atom. The minimum absolute atomic E-state index is 0.543. The number of hydrogen-bond donors (Lipinski definition) is 0. The molecule has 0 aliphatic carbocycles. The Morgan fingerprint density at radius 1 is 0.244 bits per heavy atom. The first kappa shape index (κ1) is 45.8. The van der Waals surface area contributed by atoms with E-state index in [1.54, 1.807) is 0 Å². The van der Waals surface area contributed by atoms with Gasteiger partial charge in [0.25, 0.3) is 0 Å². The molecule has 7 nitrogen and oxygen atoms in total. The molecule has 17 aromatic rings. The van der Waals surface area contributed by atoms with Crippen LogP contribution in [0.5, 0.6) is 0 Å². The molecule has 0 unspecified atom stereocenters. The Morgan fingerprint density at radius 3 is 1.16 bits per heavy atom. The zero-order chi connectivity index (χ0) is 53.8. The number of nitrogens with zero attached hydrogens (tertiary/aromatic N) is 7. The maximum absolute atomic E-state index is 5.62. The van der Waals surface area contributed by atoms with Crippen LogP contribution in [0.1, 0.15) is 0 Å². The van der Waals surface area contributed by atoms with Crippen LogP contribution in [-0.2, 0) is 0 Å². The average molecular weight is 1050 g/mol. The monoisotopic (exact) mass is 1050 g/mol. The van der Waals surface area contributed by atoms with Crippen molar-refractivity contribution in [3.8, 4) is 67.9 Å². The summed E-state index contributed by atoms with van der Waals surface area (Å²) in [5.41, 5.74) is 19.6. The summed E-state index contributed by atoms with van der Waals surface area (Å²) >= 11 is 0. The van der Waals surface area contributed by atoms with Gasteiger partial charge in [0.05, 0.1) is 78.3 Å². The number of fused-ring (bicyclic) bond motifs is 12. The van der Waals surface area contributed by atoms with E-state index in [0.717, 1.165) is 100 Å². The van der Waals surface area contributed by atoms with Gasteiger partial charge in [0.1, 0.15) is 5.69 Å². The van der Waals surface area contributed by atoms with Gasteiger partial charge in [0.2, 0.25) is 0 Å². The van der Waals surface area contributed by atoms with E-state index in [1.165, 1.54) is 43.4 Å². The Hall–Kier alpha value is -11.2. The average Bonchev–Trinajstić information content (AvgIpc) is 2.78. The molecule has 6 heterocycles. The second-order valence-electron chi connectivity index (χ2n) is 21.0. The quantitative estimate of drug-likeness (QED) is 0.152. The fourth-order valence-corrected chi connectivity index (χ4v) is 13.3. The summed E-state index contributed by atoms with van der Waals surface area (Å²) in [7, 11) is 0. The van der Waals surface area contributed by atoms with Gasteiger partial charge in [-0.1, -0.05) is 188 Å². The number of para-hydroxylation sites is 7. The maximum atomic E-state index is 5.62. The lowest BCUT2D eigenvalue weighted by Crippen LogP contribution is -2.04. The van der Waals surface area contributed by atoms with E-state index < -0.39 is 0 Å². The fourth-order valence-electron chi connectivity index (χ4n) is 13.3. The van der Waals surface area contributed by atoms with Gasteiger partial charge in [-0.15, -0.1) is 0 Å². The van der Waals surface area contributed by atoms with Gasteiger partial charge in [-0.05, 0) is 96.6 Å². The zero-order valence-electron chi connectivity index (χ0n) is 44.3. The number of benzene rings is 11. The van der Waals surface area contributed by atoms with E-state index >= 15 is 0 Å². The molecule has 0 radical (unpaired) electrons. The maximum Gasteiger partial charge on any atom is 0.179 e. The first-order valence-corrected chi connectivity index (χ1v) is 27.9. The first-order valence-electron chi connectivity index (χ1n) is 27.9. The van der Waals surface area contributed by atoms with Crippen molar-refractivity contribution in [2.24, 2.45) is 0 Å². The van der Waals surface area contributed by atoms with Crippen LogP contribution < -0.4 is 0 Å². The van der Waals surface area contributed by atoms with Crippen molar-refractivity contribution >= 4 is 87.2 Å². The minimum atomic E-state index is 0.543. The number of pyridine rings is 1.